The molecule has 0 saturated carbocycles. The first-order valence-corrected chi connectivity index (χ1v) is 8.09. The summed E-state index contributed by atoms with van der Waals surface area (Å²) in [4.78, 5) is 10.5. The van der Waals surface area contributed by atoms with Gasteiger partial charge in [0.15, 0.2) is 0 Å². The molecule has 4 nitrogen and oxygen atoms in total. The van der Waals surface area contributed by atoms with E-state index in [4.69, 9.17) is 11.6 Å². The number of benzene rings is 1. The lowest BCUT2D eigenvalue weighted by atomic mass is 10.1. The van der Waals surface area contributed by atoms with Crippen LogP contribution in [0.5, 0.6) is 0 Å². The van der Waals surface area contributed by atoms with Crippen molar-refractivity contribution >= 4 is 39.0 Å². The molecule has 1 aliphatic heterocycles. The smallest absolute Gasteiger partial charge is 0.148 e. The lowest BCUT2D eigenvalue weighted by Crippen LogP contribution is -2.22. The van der Waals surface area contributed by atoms with Gasteiger partial charge in [-0.3, -0.25) is 0 Å². The van der Waals surface area contributed by atoms with E-state index in [1.165, 1.54) is 18.4 Å². The van der Waals surface area contributed by atoms with Crippen molar-refractivity contribution in [2.45, 2.75) is 6.42 Å². The topological polar surface area (TPSA) is 41.1 Å². The molecule has 1 N–H and O–H groups in total. The zero-order valence-electron chi connectivity index (χ0n) is 11.5. The van der Waals surface area contributed by atoms with Crippen molar-refractivity contribution in [1.29, 1.82) is 0 Å². The van der Waals surface area contributed by atoms with Crippen LogP contribution in [0, 0.1) is 5.92 Å². The lowest BCUT2D eigenvalue weighted by Gasteiger charge is -2.19. The Morgan fingerprint density at radius 2 is 2.33 bits per heavy atom. The van der Waals surface area contributed by atoms with Crippen molar-refractivity contribution in [3.05, 3.63) is 46.3 Å². The van der Waals surface area contributed by atoms with Gasteiger partial charge in [-0.15, -0.1) is 0 Å². The maximum absolute atomic E-state index is 6.05. The van der Waals surface area contributed by atoms with Gasteiger partial charge in [-0.1, -0.05) is 33.6 Å². The summed E-state index contributed by atoms with van der Waals surface area (Å²) in [6.45, 7) is 3.01. The van der Waals surface area contributed by atoms with E-state index in [1.807, 2.05) is 0 Å². The standard InChI is InChI=1S/C15H16BrClN4/c16-12-2-1-3-13(6-12)21-5-4-11(9-21)7-19-15-14(17)8-18-10-20-15/h1-3,6,8,10-11H,4-5,7,9H2,(H,18,19,20). The maximum atomic E-state index is 6.05. The molecule has 0 spiro atoms. The average Bonchev–Trinajstić information content (AvgIpc) is 2.95. The van der Waals surface area contributed by atoms with Crippen LogP contribution in [0.4, 0.5) is 11.5 Å². The molecule has 2 heterocycles. The van der Waals surface area contributed by atoms with E-state index in [0.717, 1.165) is 24.1 Å². The molecule has 1 atom stereocenters. The van der Waals surface area contributed by atoms with Crippen molar-refractivity contribution in [2.75, 3.05) is 29.9 Å². The highest BCUT2D eigenvalue weighted by atomic mass is 79.9. The Balaban J connectivity index is 1.57. The van der Waals surface area contributed by atoms with E-state index < -0.39 is 0 Å². The quantitative estimate of drug-likeness (QED) is 0.891. The van der Waals surface area contributed by atoms with E-state index in [9.17, 15) is 0 Å². The Morgan fingerprint density at radius 1 is 1.43 bits per heavy atom. The molecule has 21 heavy (non-hydrogen) atoms. The summed E-state index contributed by atoms with van der Waals surface area (Å²) in [5, 5.41) is 3.89. The predicted octanol–water partition coefficient (Wildman–Crippen LogP) is 3.83. The van der Waals surface area contributed by atoms with Crippen LogP contribution in [0.1, 0.15) is 6.42 Å². The van der Waals surface area contributed by atoms with Crippen molar-refractivity contribution in [3.8, 4) is 0 Å². The van der Waals surface area contributed by atoms with Crippen molar-refractivity contribution in [2.24, 2.45) is 5.92 Å². The molecule has 6 heteroatoms. The molecule has 1 aromatic carbocycles. The Hall–Kier alpha value is -1.33. The van der Waals surface area contributed by atoms with Crippen molar-refractivity contribution in [3.63, 3.8) is 0 Å². The Labute approximate surface area is 137 Å². The molecule has 2 aromatic rings. The molecule has 1 unspecified atom stereocenters. The second-order valence-electron chi connectivity index (χ2n) is 5.18. The van der Waals surface area contributed by atoms with Gasteiger partial charge < -0.3 is 10.2 Å². The van der Waals surface area contributed by atoms with Crippen LogP contribution < -0.4 is 10.2 Å². The molecule has 1 saturated heterocycles. The molecule has 1 aromatic heterocycles. The van der Waals surface area contributed by atoms with Crippen LogP contribution in [0.15, 0.2) is 41.3 Å². The van der Waals surface area contributed by atoms with E-state index in [0.29, 0.717) is 16.8 Å². The third-order valence-corrected chi connectivity index (χ3v) is 4.45. The Morgan fingerprint density at radius 3 is 3.14 bits per heavy atom. The highest BCUT2D eigenvalue weighted by Crippen LogP contribution is 2.26. The Bertz CT molecular complexity index is 622. The molecular formula is C15H16BrClN4. The fourth-order valence-electron chi connectivity index (χ4n) is 2.59. The minimum absolute atomic E-state index is 0.569. The first kappa shape index (κ1) is 14.6. The van der Waals surface area contributed by atoms with Gasteiger partial charge in [-0.05, 0) is 30.5 Å². The number of hydrogen-bond acceptors (Lipinski definition) is 4. The van der Waals surface area contributed by atoms with Gasteiger partial charge >= 0.3 is 0 Å². The van der Waals surface area contributed by atoms with E-state index in [2.05, 4.69) is 60.4 Å². The molecule has 0 bridgehead atoms. The number of hydrogen-bond donors (Lipinski definition) is 1. The van der Waals surface area contributed by atoms with Gasteiger partial charge in [0.25, 0.3) is 0 Å². The number of anilines is 2. The summed E-state index contributed by atoms with van der Waals surface area (Å²) in [5.41, 5.74) is 1.27. The fraction of sp³-hybridized carbons (Fsp3) is 0.333. The summed E-state index contributed by atoms with van der Waals surface area (Å²) in [6, 6.07) is 8.44. The van der Waals surface area contributed by atoms with Crippen LogP contribution in [0.2, 0.25) is 5.02 Å². The number of halogens is 2. The van der Waals surface area contributed by atoms with E-state index in [1.54, 1.807) is 6.20 Å². The number of nitrogens with one attached hydrogen (secondary N) is 1. The third kappa shape index (κ3) is 3.66. The monoisotopic (exact) mass is 366 g/mol. The van der Waals surface area contributed by atoms with Gasteiger partial charge in [-0.2, -0.15) is 0 Å². The minimum atomic E-state index is 0.569. The molecule has 0 amide bonds. The van der Waals surface area contributed by atoms with Gasteiger partial charge in [0.1, 0.15) is 17.2 Å². The highest BCUT2D eigenvalue weighted by Gasteiger charge is 2.22. The molecule has 1 aliphatic rings. The van der Waals surface area contributed by atoms with E-state index >= 15 is 0 Å². The molecule has 3 rings (SSSR count). The largest absolute Gasteiger partial charge is 0.371 e. The normalized spacial score (nSPS) is 18.0. The SMILES string of the molecule is Clc1cncnc1NCC1CCN(c2cccc(Br)c2)C1. The Kier molecular flexibility index (Phi) is 4.60. The number of rotatable bonds is 4. The van der Waals surface area contributed by atoms with Gasteiger partial charge in [0, 0.05) is 29.8 Å². The summed E-state index contributed by atoms with van der Waals surface area (Å²) in [5.74, 6) is 1.31. The molecule has 1 fully saturated rings. The molecular weight excluding hydrogens is 352 g/mol. The van der Waals surface area contributed by atoms with Crippen molar-refractivity contribution < 1.29 is 0 Å². The first-order valence-electron chi connectivity index (χ1n) is 6.92. The second-order valence-corrected chi connectivity index (χ2v) is 6.50. The zero-order valence-corrected chi connectivity index (χ0v) is 13.8. The summed E-state index contributed by atoms with van der Waals surface area (Å²) < 4.78 is 1.12. The summed E-state index contributed by atoms with van der Waals surface area (Å²) in [7, 11) is 0. The van der Waals surface area contributed by atoms with Crippen molar-refractivity contribution in [1.82, 2.24) is 9.97 Å². The molecule has 110 valence electrons. The highest BCUT2D eigenvalue weighted by molar-refractivity contribution is 9.10. The summed E-state index contributed by atoms with van der Waals surface area (Å²) >= 11 is 9.57. The van der Waals surface area contributed by atoms with Gasteiger partial charge in [-0.25, -0.2) is 9.97 Å². The van der Waals surface area contributed by atoms with Crippen LogP contribution in [-0.4, -0.2) is 29.6 Å². The zero-order chi connectivity index (χ0) is 14.7. The van der Waals surface area contributed by atoms with Crippen LogP contribution in [0.3, 0.4) is 0 Å². The number of nitrogens with zero attached hydrogens (tertiary/aromatic N) is 3. The van der Waals surface area contributed by atoms with Crippen LogP contribution >= 0.6 is 27.5 Å². The van der Waals surface area contributed by atoms with Crippen LogP contribution in [0.25, 0.3) is 0 Å². The van der Waals surface area contributed by atoms with Gasteiger partial charge in [0.2, 0.25) is 0 Å². The fourth-order valence-corrected chi connectivity index (χ4v) is 3.15. The average molecular weight is 368 g/mol. The number of aromatic nitrogens is 2. The molecule has 0 aliphatic carbocycles. The minimum Gasteiger partial charge on any atom is -0.371 e. The molecule has 0 radical (unpaired) electrons. The summed E-state index contributed by atoms with van der Waals surface area (Å²) in [6.07, 6.45) is 4.29. The lowest BCUT2D eigenvalue weighted by molar-refractivity contribution is 0.621. The second kappa shape index (κ2) is 6.62. The van der Waals surface area contributed by atoms with Gasteiger partial charge in [0.05, 0.1) is 6.20 Å². The predicted molar refractivity (Wildman–Crippen MR) is 90.0 cm³/mol. The first-order chi connectivity index (χ1) is 10.2. The van der Waals surface area contributed by atoms with Crippen LogP contribution in [-0.2, 0) is 0 Å². The maximum Gasteiger partial charge on any atom is 0.148 e. The third-order valence-electron chi connectivity index (χ3n) is 3.68. The van der Waals surface area contributed by atoms with E-state index in [-0.39, 0.29) is 0 Å².